The van der Waals surface area contributed by atoms with Gasteiger partial charge in [-0.3, -0.25) is 10.1 Å². The van der Waals surface area contributed by atoms with E-state index < -0.39 is 17.5 Å². The van der Waals surface area contributed by atoms with Crippen molar-refractivity contribution in [2.24, 2.45) is 5.16 Å². The summed E-state index contributed by atoms with van der Waals surface area (Å²) in [6.07, 6.45) is 3.24. The summed E-state index contributed by atoms with van der Waals surface area (Å²) in [5.41, 5.74) is -0.0953. The lowest BCUT2D eigenvalue weighted by molar-refractivity contribution is -0.122. The average molecular weight is 432 g/mol. The predicted octanol–water partition coefficient (Wildman–Crippen LogP) is 1.97. The van der Waals surface area contributed by atoms with Gasteiger partial charge in [0.1, 0.15) is 12.9 Å². The van der Waals surface area contributed by atoms with Gasteiger partial charge in [-0.2, -0.15) is 0 Å². The zero-order chi connectivity index (χ0) is 22.7. The van der Waals surface area contributed by atoms with Crippen molar-refractivity contribution in [3.8, 4) is 23.5 Å². The summed E-state index contributed by atoms with van der Waals surface area (Å²) >= 11 is 0. The molecular formula is C23H20N4O5. The first kappa shape index (κ1) is 20.8. The van der Waals surface area contributed by atoms with Gasteiger partial charge in [0.2, 0.25) is 5.54 Å². The smallest absolute Gasteiger partial charge is 0.323 e. The maximum absolute atomic E-state index is 12.7. The Kier molecular flexibility index (Phi) is 5.43. The Balaban J connectivity index is 1.68. The Morgan fingerprint density at radius 3 is 2.62 bits per heavy atom. The van der Waals surface area contributed by atoms with E-state index in [1.807, 2.05) is 0 Å². The fraction of sp³-hybridized carbons (Fsp3) is 0.174. The third-order valence-electron chi connectivity index (χ3n) is 5.06. The molecule has 162 valence electrons. The van der Waals surface area contributed by atoms with Crippen molar-refractivity contribution < 1.29 is 24.3 Å². The van der Waals surface area contributed by atoms with Crippen LogP contribution in [0.1, 0.15) is 11.1 Å². The molecule has 1 fully saturated rings. The second-order valence-electron chi connectivity index (χ2n) is 7.14. The van der Waals surface area contributed by atoms with Gasteiger partial charge in [-0.1, -0.05) is 29.1 Å². The van der Waals surface area contributed by atoms with Gasteiger partial charge in [0, 0.05) is 22.5 Å². The third-order valence-corrected chi connectivity index (χ3v) is 5.06. The van der Waals surface area contributed by atoms with Crippen LogP contribution < -0.4 is 15.4 Å². The molecule has 0 saturated carbocycles. The summed E-state index contributed by atoms with van der Waals surface area (Å²) < 4.78 is 6.69. The minimum absolute atomic E-state index is 0.0594. The largest absolute Gasteiger partial charge is 0.497 e. The SMILES string of the molecule is CON=Cc1ccc(C#C[C@@]2(Cn3cc4ccc(OC)cc4c3O)NC(=O)NC2=O)cc1. The number of carbonyl (C=O) groups excluding carboxylic acids is 2. The zero-order valence-electron chi connectivity index (χ0n) is 17.4. The van der Waals surface area contributed by atoms with Gasteiger partial charge in [-0.25, -0.2) is 4.79 Å². The van der Waals surface area contributed by atoms with E-state index in [-0.39, 0.29) is 12.4 Å². The van der Waals surface area contributed by atoms with E-state index >= 15 is 0 Å². The molecule has 3 aromatic rings. The van der Waals surface area contributed by atoms with E-state index in [9.17, 15) is 14.7 Å². The number of benzene rings is 2. The lowest BCUT2D eigenvalue weighted by atomic mass is 9.99. The van der Waals surface area contributed by atoms with Crippen molar-refractivity contribution in [3.05, 3.63) is 59.8 Å². The first-order valence-electron chi connectivity index (χ1n) is 9.63. The highest BCUT2D eigenvalue weighted by Gasteiger charge is 2.46. The van der Waals surface area contributed by atoms with Crippen LogP contribution in [0.4, 0.5) is 4.79 Å². The topological polar surface area (TPSA) is 114 Å². The second kappa shape index (κ2) is 8.35. The van der Waals surface area contributed by atoms with Gasteiger partial charge in [0.05, 0.1) is 19.9 Å². The molecule has 32 heavy (non-hydrogen) atoms. The van der Waals surface area contributed by atoms with Crippen molar-refractivity contribution in [2.45, 2.75) is 12.1 Å². The first-order chi connectivity index (χ1) is 15.4. The number of nitrogens with one attached hydrogen (secondary N) is 2. The van der Waals surface area contributed by atoms with Crippen LogP contribution in [-0.4, -0.2) is 47.6 Å². The molecule has 0 radical (unpaired) electrons. The molecule has 0 aliphatic carbocycles. The molecule has 1 aliphatic heterocycles. The van der Waals surface area contributed by atoms with Crippen LogP contribution in [0.2, 0.25) is 0 Å². The molecule has 9 heteroatoms. The molecule has 1 aromatic heterocycles. The van der Waals surface area contributed by atoms with E-state index in [0.717, 1.165) is 10.9 Å². The van der Waals surface area contributed by atoms with E-state index in [2.05, 4.69) is 32.5 Å². The minimum Gasteiger partial charge on any atom is -0.497 e. The predicted molar refractivity (Wildman–Crippen MR) is 117 cm³/mol. The summed E-state index contributed by atoms with van der Waals surface area (Å²) in [6, 6.07) is 11.7. The number of ether oxygens (including phenoxy) is 1. The van der Waals surface area contributed by atoms with Crippen LogP contribution in [0, 0.1) is 11.8 Å². The number of urea groups is 1. The van der Waals surface area contributed by atoms with Crippen LogP contribution in [0.25, 0.3) is 10.8 Å². The molecule has 2 heterocycles. The highest BCUT2D eigenvalue weighted by atomic mass is 16.6. The molecule has 1 aliphatic rings. The lowest BCUT2D eigenvalue weighted by Gasteiger charge is -2.20. The Morgan fingerprint density at radius 1 is 1.19 bits per heavy atom. The van der Waals surface area contributed by atoms with Crippen LogP contribution in [0.3, 0.4) is 0 Å². The van der Waals surface area contributed by atoms with Crippen molar-refractivity contribution in [2.75, 3.05) is 14.2 Å². The number of rotatable bonds is 5. The number of aromatic hydroxyl groups is 1. The highest BCUT2D eigenvalue weighted by Crippen LogP contribution is 2.31. The van der Waals surface area contributed by atoms with Crippen LogP contribution >= 0.6 is 0 Å². The van der Waals surface area contributed by atoms with Crippen molar-refractivity contribution in [1.29, 1.82) is 0 Å². The standard InChI is InChI=1S/C23H20N4O5/c1-31-18-8-7-17-13-27(20(28)19(17)11-18)14-23(21(29)25-22(30)26-23)10-9-15-3-5-16(6-4-15)12-24-32-2/h3-8,11-13,28H,14H2,1-2H3,(H2,25,26,29,30)/t23-/m0/s1. The number of oxime groups is 1. The number of carbonyl (C=O) groups is 2. The Bertz CT molecular complexity index is 1280. The Hall–Kier alpha value is -4.45. The number of hydrogen-bond acceptors (Lipinski definition) is 6. The molecule has 0 spiro atoms. The third kappa shape index (κ3) is 3.94. The number of fused-ring (bicyclic) bond motifs is 1. The Labute approximate surface area is 183 Å². The quantitative estimate of drug-likeness (QED) is 0.247. The molecule has 0 unspecified atom stereocenters. The highest BCUT2D eigenvalue weighted by molar-refractivity contribution is 6.09. The zero-order valence-corrected chi connectivity index (χ0v) is 17.4. The van der Waals surface area contributed by atoms with Crippen LogP contribution in [0.5, 0.6) is 11.6 Å². The molecule has 2 aromatic carbocycles. The lowest BCUT2D eigenvalue weighted by Crippen LogP contribution is -2.49. The maximum Gasteiger partial charge on any atom is 0.323 e. The van der Waals surface area contributed by atoms with Gasteiger partial charge in [-0.15, -0.1) is 0 Å². The van der Waals surface area contributed by atoms with Crippen molar-refractivity contribution in [3.63, 3.8) is 0 Å². The molecule has 1 saturated heterocycles. The Morgan fingerprint density at radius 2 is 1.97 bits per heavy atom. The van der Waals surface area contributed by atoms with Crippen molar-refractivity contribution >= 4 is 28.9 Å². The molecule has 3 N–H and O–H groups in total. The minimum atomic E-state index is -1.55. The number of nitrogens with zero attached hydrogens (tertiary/aromatic N) is 2. The number of imide groups is 1. The molecular weight excluding hydrogens is 412 g/mol. The van der Waals surface area contributed by atoms with Gasteiger partial charge in [-0.05, 0) is 35.9 Å². The van der Waals surface area contributed by atoms with Gasteiger partial charge in [0.25, 0.3) is 5.91 Å². The normalized spacial score (nSPS) is 17.7. The van der Waals surface area contributed by atoms with Crippen LogP contribution in [-0.2, 0) is 16.2 Å². The summed E-state index contributed by atoms with van der Waals surface area (Å²) in [7, 11) is 2.99. The number of amides is 3. The average Bonchev–Trinajstić information content (AvgIpc) is 3.26. The first-order valence-corrected chi connectivity index (χ1v) is 9.63. The van der Waals surface area contributed by atoms with E-state index in [1.165, 1.54) is 18.8 Å². The molecule has 1 atom stereocenters. The maximum atomic E-state index is 12.7. The van der Waals surface area contributed by atoms with Gasteiger partial charge >= 0.3 is 6.03 Å². The summed E-state index contributed by atoms with van der Waals surface area (Å²) in [5, 5.41) is 20.6. The number of hydrogen-bond donors (Lipinski definition) is 3. The fourth-order valence-corrected chi connectivity index (χ4v) is 3.40. The van der Waals surface area contributed by atoms with E-state index in [4.69, 9.17) is 4.74 Å². The van der Waals surface area contributed by atoms with Crippen molar-refractivity contribution in [1.82, 2.24) is 15.2 Å². The van der Waals surface area contributed by atoms with E-state index in [0.29, 0.717) is 16.7 Å². The molecule has 4 rings (SSSR count). The number of methoxy groups -OCH3 is 1. The fourth-order valence-electron chi connectivity index (χ4n) is 3.40. The summed E-state index contributed by atoms with van der Waals surface area (Å²) in [6.45, 7) is -0.0843. The second-order valence-corrected chi connectivity index (χ2v) is 7.14. The van der Waals surface area contributed by atoms with Gasteiger partial charge < -0.3 is 24.6 Å². The monoisotopic (exact) mass is 432 g/mol. The van der Waals surface area contributed by atoms with E-state index in [1.54, 1.807) is 54.9 Å². The van der Waals surface area contributed by atoms with Crippen LogP contribution in [0.15, 0.2) is 53.8 Å². The summed E-state index contributed by atoms with van der Waals surface area (Å²) in [5.74, 6) is 5.77. The molecule has 9 nitrogen and oxygen atoms in total. The molecule has 3 amide bonds. The summed E-state index contributed by atoms with van der Waals surface area (Å²) in [4.78, 5) is 29.3. The van der Waals surface area contributed by atoms with Gasteiger partial charge in [0.15, 0.2) is 5.88 Å². The molecule has 0 bridgehead atoms. The number of aromatic nitrogens is 1.